The van der Waals surface area contributed by atoms with Crippen LogP contribution >= 0.6 is 0 Å². The van der Waals surface area contributed by atoms with Crippen molar-refractivity contribution in [3.63, 3.8) is 0 Å². The van der Waals surface area contributed by atoms with Crippen molar-refractivity contribution in [3.05, 3.63) is 29.8 Å². The van der Waals surface area contributed by atoms with E-state index in [0.717, 1.165) is 5.69 Å². The second kappa shape index (κ2) is 7.08. The number of hydrogen-bond donors (Lipinski definition) is 2. The average molecular weight is 288 g/mol. The summed E-state index contributed by atoms with van der Waals surface area (Å²) in [6.45, 7) is 6.90. The Bertz CT molecular complexity index is 470. The molecule has 1 fully saturated rings. The van der Waals surface area contributed by atoms with Crippen LogP contribution in [0.1, 0.15) is 58.4 Å². The van der Waals surface area contributed by atoms with Crippen molar-refractivity contribution in [3.8, 4) is 0 Å². The molecule has 1 aliphatic rings. The third-order valence-corrected chi connectivity index (χ3v) is 4.17. The molecule has 3 heteroatoms. The molecular formula is C18H28N2O. The van der Waals surface area contributed by atoms with Crippen LogP contribution in [0.4, 0.5) is 5.69 Å². The van der Waals surface area contributed by atoms with E-state index < -0.39 is 0 Å². The van der Waals surface area contributed by atoms with Gasteiger partial charge in [-0.2, -0.15) is 0 Å². The van der Waals surface area contributed by atoms with E-state index in [0.29, 0.717) is 12.6 Å². The summed E-state index contributed by atoms with van der Waals surface area (Å²) in [5, 5.41) is 6.44. The summed E-state index contributed by atoms with van der Waals surface area (Å²) in [6.07, 6.45) is 6.30. The van der Waals surface area contributed by atoms with Crippen LogP contribution in [-0.4, -0.2) is 18.5 Å². The van der Waals surface area contributed by atoms with E-state index in [4.69, 9.17) is 0 Å². The summed E-state index contributed by atoms with van der Waals surface area (Å²) in [4.78, 5) is 12.2. The lowest BCUT2D eigenvalue weighted by Gasteiger charge is -2.24. The largest absolute Gasteiger partial charge is 0.325 e. The minimum absolute atomic E-state index is 0.0284. The first-order chi connectivity index (χ1) is 9.97. The maximum absolute atomic E-state index is 12.2. The van der Waals surface area contributed by atoms with Gasteiger partial charge in [-0.3, -0.25) is 4.79 Å². The molecule has 0 radical (unpaired) electrons. The Morgan fingerprint density at radius 1 is 1.14 bits per heavy atom. The van der Waals surface area contributed by atoms with Gasteiger partial charge < -0.3 is 10.6 Å². The van der Waals surface area contributed by atoms with Gasteiger partial charge in [0.05, 0.1) is 6.54 Å². The van der Waals surface area contributed by atoms with E-state index in [1.807, 2.05) is 18.2 Å². The lowest BCUT2D eigenvalue weighted by Crippen LogP contribution is -2.37. The van der Waals surface area contributed by atoms with Crippen LogP contribution in [-0.2, 0) is 10.2 Å². The van der Waals surface area contributed by atoms with Crippen molar-refractivity contribution in [1.29, 1.82) is 0 Å². The van der Waals surface area contributed by atoms with E-state index in [2.05, 4.69) is 37.5 Å². The lowest BCUT2D eigenvalue weighted by atomic mass is 9.86. The summed E-state index contributed by atoms with van der Waals surface area (Å²) in [7, 11) is 0. The number of hydrogen-bond acceptors (Lipinski definition) is 2. The van der Waals surface area contributed by atoms with Gasteiger partial charge in [0.1, 0.15) is 0 Å². The minimum Gasteiger partial charge on any atom is -0.325 e. The molecule has 1 aromatic carbocycles. The summed E-state index contributed by atoms with van der Waals surface area (Å²) >= 11 is 0. The fraction of sp³-hybridized carbons (Fsp3) is 0.611. The predicted molar refractivity (Wildman–Crippen MR) is 88.6 cm³/mol. The Balaban J connectivity index is 1.90. The maximum atomic E-state index is 12.2. The lowest BCUT2D eigenvalue weighted by molar-refractivity contribution is -0.115. The molecular weight excluding hydrogens is 260 g/mol. The fourth-order valence-corrected chi connectivity index (χ4v) is 2.98. The first-order valence-electron chi connectivity index (χ1n) is 8.09. The number of rotatable bonds is 4. The predicted octanol–water partition coefficient (Wildman–Crippen LogP) is 3.84. The molecule has 116 valence electrons. The van der Waals surface area contributed by atoms with Crippen LogP contribution in [0.5, 0.6) is 0 Å². The van der Waals surface area contributed by atoms with Crippen molar-refractivity contribution in [1.82, 2.24) is 5.32 Å². The highest BCUT2D eigenvalue weighted by Crippen LogP contribution is 2.29. The molecule has 0 spiro atoms. The van der Waals surface area contributed by atoms with Crippen molar-refractivity contribution in [2.45, 2.75) is 64.3 Å². The van der Waals surface area contributed by atoms with Crippen LogP contribution in [0.3, 0.4) is 0 Å². The Kier molecular flexibility index (Phi) is 5.40. The first kappa shape index (κ1) is 16.0. The topological polar surface area (TPSA) is 41.1 Å². The number of nitrogens with one attached hydrogen (secondary N) is 2. The number of benzene rings is 1. The molecule has 1 amide bonds. The number of amides is 1. The third-order valence-electron chi connectivity index (χ3n) is 4.17. The van der Waals surface area contributed by atoms with Gasteiger partial charge in [-0.15, -0.1) is 0 Å². The monoisotopic (exact) mass is 288 g/mol. The maximum Gasteiger partial charge on any atom is 0.238 e. The molecule has 0 saturated heterocycles. The summed E-state index contributed by atoms with van der Waals surface area (Å²) in [5.41, 5.74) is 2.14. The second-order valence-corrected chi connectivity index (χ2v) is 7.06. The highest BCUT2D eigenvalue weighted by Gasteiger charge is 2.19. The van der Waals surface area contributed by atoms with Gasteiger partial charge in [-0.25, -0.2) is 0 Å². The van der Waals surface area contributed by atoms with E-state index in [9.17, 15) is 4.79 Å². The molecule has 1 aromatic rings. The zero-order valence-electron chi connectivity index (χ0n) is 13.5. The summed E-state index contributed by atoms with van der Waals surface area (Å²) in [6, 6.07) is 8.58. The van der Waals surface area contributed by atoms with Gasteiger partial charge in [0, 0.05) is 11.7 Å². The third kappa shape index (κ3) is 4.85. The Hall–Kier alpha value is -1.35. The number of carbonyl (C=O) groups is 1. The normalized spacial score (nSPS) is 16.7. The zero-order valence-corrected chi connectivity index (χ0v) is 13.5. The quantitative estimate of drug-likeness (QED) is 0.883. The average Bonchev–Trinajstić information content (AvgIpc) is 2.46. The first-order valence-corrected chi connectivity index (χ1v) is 8.09. The Morgan fingerprint density at radius 3 is 2.48 bits per heavy atom. The van der Waals surface area contributed by atoms with Gasteiger partial charge in [0.25, 0.3) is 0 Å². The minimum atomic E-state index is 0.0284. The molecule has 0 atom stereocenters. The molecule has 0 unspecified atom stereocenters. The molecule has 0 heterocycles. The molecule has 2 N–H and O–H groups in total. The van der Waals surface area contributed by atoms with Gasteiger partial charge in [0.15, 0.2) is 0 Å². The fourth-order valence-electron chi connectivity index (χ4n) is 2.98. The van der Waals surface area contributed by atoms with Crippen LogP contribution in [0.2, 0.25) is 0 Å². The van der Waals surface area contributed by atoms with Crippen molar-refractivity contribution < 1.29 is 4.79 Å². The van der Waals surface area contributed by atoms with E-state index in [1.54, 1.807) is 0 Å². The SMILES string of the molecule is CC(C)(C)c1ccccc1NC(=O)CNC1CCCCC1. The van der Waals surface area contributed by atoms with Crippen LogP contribution in [0.25, 0.3) is 0 Å². The summed E-state index contributed by atoms with van der Waals surface area (Å²) in [5.74, 6) is 0.0530. The highest BCUT2D eigenvalue weighted by molar-refractivity contribution is 5.93. The van der Waals surface area contributed by atoms with E-state index in [-0.39, 0.29) is 11.3 Å². The number of carbonyl (C=O) groups excluding carboxylic acids is 1. The van der Waals surface area contributed by atoms with E-state index >= 15 is 0 Å². The Labute approximate surface area is 128 Å². The molecule has 3 nitrogen and oxygen atoms in total. The van der Waals surface area contributed by atoms with Crippen LogP contribution in [0.15, 0.2) is 24.3 Å². The van der Waals surface area contributed by atoms with Crippen LogP contribution < -0.4 is 10.6 Å². The smallest absolute Gasteiger partial charge is 0.238 e. The molecule has 0 aliphatic heterocycles. The van der Waals surface area contributed by atoms with Crippen molar-refractivity contribution in [2.24, 2.45) is 0 Å². The number of anilines is 1. The second-order valence-electron chi connectivity index (χ2n) is 7.06. The van der Waals surface area contributed by atoms with Gasteiger partial charge >= 0.3 is 0 Å². The van der Waals surface area contributed by atoms with E-state index in [1.165, 1.54) is 37.7 Å². The van der Waals surface area contributed by atoms with Gasteiger partial charge in [0.2, 0.25) is 5.91 Å². The molecule has 0 aromatic heterocycles. The number of para-hydroxylation sites is 1. The molecule has 1 aliphatic carbocycles. The van der Waals surface area contributed by atoms with Crippen molar-refractivity contribution in [2.75, 3.05) is 11.9 Å². The van der Waals surface area contributed by atoms with Gasteiger partial charge in [-0.05, 0) is 29.9 Å². The van der Waals surface area contributed by atoms with Gasteiger partial charge in [-0.1, -0.05) is 58.2 Å². The molecule has 1 saturated carbocycles. The Morgan fingerprint density at radius 2 is 1.81 bits per heavy atom. The molecule has 2 rings (SSSR count). The molecule has 21 heavy (non-hydrogen) atoms. The standard InChI is InChI=1S/C18H28N2O/c1-18(2,3)15-11-7-8-12-16(15)20-17(21)13-19-14-9-5-4-6-10-14/h7-8,11-12,14,19H,4-6,9-10,13H2,1-3H3,(H,20,21). The van der Waals surface area contributed by atoms with Crippen LogP contribution in [0, 0.1) is 0 Å². The summed E-state index contributed by atoms with van der Waals surface area (Å²) < 4.78 is 0. The molecule has 0 bridgehead atoms. The zero-order chi connectivity index (χ0) is 15.3. The highest BCUT2D eigenvalue weighted by atomic mass is 16.1. The van der Waals surface area contributed by atoms with Crippen molar-refractivity contribution >= 4 is 11.6 Å².